The Kier molecular flexibility index (Phi) is 7.80. The zero-order valence-corrected chi connectivity index (χ0v) is 17.7. The van der Waals surface area contributed by atoms with Crippen LogP contribution in [0, 0.1) is 18.3 Å². The summed E-state index contributed by atoms with van der Waals surface area (Å²) in [5, 5.41) is 12.1. The second-order valence-electron chi connectivity index (χ2n) is 5.88. The molecule has 2 aromatic carbocycles. The van der Waals surface area contributed by atoms with Crippen LogP contribution in [-0.4, -0.2) is 32.7 Å². The Morgan fingerprint density at radius 2 is 1.97 bits per heavy atom. The summed E-state index contributed by atoms with van der Waals surface area (Å²) in [5.74, 6) is -0.425. The van der Waals surface area contributed by atoms with Crippen molar-refractivity contribution < 1.29 is 23.8 Å². The number of carbonyl (C=O) groups is 2. The molecule has 0 bridgehead atoms. The van der Waals surface area contributed by atoms with Crippen LogP contribution in [0.15, 0.2) is 46.4 Å². The van der Waals surface area contributed by atoms with Crippen molar-refractivity contribution in [1.82, 2.24) is 0 Å². The van der Waals surface area contributed by atoms with Crippen LogP contribution >= 0.6 is 15.9 Å². The molecule has 2 aromatic rings. The van der Waals surface area contributed by atoms with Gasteiger partial charge < -0.3 is 19.5 Å². The fourth-order valence-electron chi connectivity index (χ4n) is 2.35. The number of aryl methyl sites for hydroxylation is 1. The standard InChI is InChI=1S/C21H19BrN2O5/c1-13-5-4-6-16(7-13)24-21(26)15(11-23)8-14-9-18(27-2)19(10-17(14)22)29-12-20(25)28-3/h4-10H,12H2,1-3H3,(H,24,26)/b15-8-. The van der Waals surface area contributed by atoms with Gasteiger partial charge in [0, 0.05) is 10.2 Å². The summed E-state index contributed by atoms with van der Waals surface area (Å²) in [6, 6.07) is 12.4. The highest BCUT2D eigenvalue weighted by atomic mass is 79.9. The number of rotatable bonds is 7. The molecular weight excluding hydrogens is 440 g/mol. The first kappa shape index (κ1) is 22.0. The molecule has 1 amide bonds. The van der Waals surface area contributed by atoms with Gasteiger partial charge in [-0.1, -0.05) is 28.1 Å². The molecule has 7 nitrogen and oxygen atoms in total. The summed E-state index contributed by atoms with van der Waals surface area (Å²) < 4.78 is 15.8. The van der Waals surface area contributed by atoms with E-state index in [-0.39, 0.29) is 12.2 Å². The number of nitrogens with zero attached hydrogens (tertiary/aromatic N) is 1. The number of esters is 1. The number of anilines is 1. The molecule has 2 rings (SSSR count). The smallest absolute Gasteiger partial charge is 0.343 e. The van der Waals surface area contributed by atoms with Gasteiger partial charge in [-0.2, -0.15) is 5.26 Å². The van der Waals surface area contributed by atoms with E-state index in [9.17, 15) is 14.9 Å². The minimum Gasteiger partial charge on any atom is -0.493 e. The molecule has 1 N–H and O–H groups in total. The monoisotopic (exact) mass is 458 g/mol. The number of amides is 1. The molecule has 150 valence electrons. The summed E-state index contributed by atoms with van der Waals surface area (Å²) in [4.78, 5) is 23.8. The first-order valence-corrected chi connectivity index (χ1v) is 9.24. The zero-order chi connectivity index (χ0) is 21.4. The minimum absolute atomic E-state index is 0.0857. The Bertz CT molecular complexity index is 995. The summed E-state index contributed by atoms with van der Waals surface area (Å²) >= 11 is 3.38. The van der Waals surface area contributed by atoms with E-state index in [2.05, 4.69) is 26.0 Å². The number of hydrogen-bond donors (Lipinski definition) is 1. The molecule has 0 aliphatic rings. The Morgan fingerprint density at radius 3 is 2.59 bits per heavy atom. The lowest BCUT2D eigenvalue weighted by molar-refractivity contribution is -0.142. The molecule has 0 fully saturated rings. The molecule has 0 spiro atoms. The molecular formula is C21H19BrN2O5. The minimum atomic E-state index is -0.535. The van der Waals surface area contributed by atoms with Crippen molar-refractivity contribution in [3.8, 4) is 17.6 Å². The normalized spacial score (nSPS) is 10.7. The predicted octanol–water partition coefficient (Wildman–Crippen LogP) is 3.86. The van der Waals surface area contributed by atoms with Crippen LogP contribution in [0.25, 0.3) is 6.08 Å². The molecule has 0 atom stereocenters. The van der Waals surface area contributed by atoms with Gasteiger partial charge in [0.2, 0.25) is 0 Å². The molecule has 29 heavy (non-hydrogen) atoms. The third-order valence-corrected chi connectivity index (χ3v) is 4.48. The average Bonchev–Trinajstić information content (AvgIpc) is 2.70. The number of hydrogen-bond acceptors (Lipinski definition) is 6. The van der Waals surface area contributed by atoms with Crippen LogP contribution in [0.1, 0.15) is 11.1 Å². The van der Waals surface area contributed by atoms with Crippen LogP contribution in [-0.2, 0) is 14.3 Å². The summed E-state index contributed by atoms with van der Waals surface area (Å²) in [7, 11) is 2.70. The van der Waals surface area contributed by atoms with Crippen LogP contribution in [0.5, 0.6) is 11.5 Å². The van der Waals surface area contributed by atoms with Crippen LogP contribution in [0.4, 0.5) is 5.69 Å². The maximum Gasteiger partial charge on any atom is 0.343 e. The molecule has 0 aliphatic carbocycles. The first-order valence-electron chi connectivity index (χ1n) is 8.45. The second kappa shape index (κ2) is 10.3. The molecule has 0 saturated carbocycles. The van der Waals surface area contributed by atoms with E-state index in [1.54, 1.807) is 24.3 Å². The lowest BCUT2D eigenvalue weighted by Gasteiger charge is -2.12. The summed E-state index contributed by atoms with van der Waals surface area (Å²) in [6.45, 7) is 1.63. The van der Waals surface area contributed by atoms with Gasteiger partial charge in [0.15, 0.2) is 18.1 Å². The van der Waals surface area contributed by atoms with Crippen molar-refractivity contribution >= 4 is 39.6 Å². The van der Waals surface area contributed by atoms with Crippen molar-refractivity contribution in [2.75, 3.05) is 26.1 Å². The number of benzene rings is 2. The first-order chi connectivity index (χ1) is 13.9. The SMILES string of the molecule is COC(=O)COc1cc(Br)c(/C=C(/C#N)C(=O)Nc2cccc(C)c2)cc1OC. The van der Waals surface area contributed by atoms with E-state index in [1.807, 2.05) is 25.1 Å². The van der Waals surface area contributed by atoms with Crippen molar-refractivity contribution in [3.63, 3.8) is 0 Å². The number of methoxy groups -OCH3 is 2. The van der Waals surface area contributed by atoms with Crippen molar-refractivity contribution in [3.05, 3.63) is 57.6 Å². The summed E-state index contributed by atoms with van der Waals surface area (Å²) in [5.41, 5.74) is 2.03. The number of nitriles is 1. The second-order valence-corrected chi connectivity index (χ2v) is 6.74. The van der Waals surface area contributed by atoms with Gasteiger partial charge in [-0.3, -0.25) is 4.79 Å². The van der Waals surface area contributed by atoms with Crippen molar-refractivity contribution in [1.29, 1.82) is 5.26 Å². The maximum absolute atomic E-state index is 12.5. The lowest BCUT2D eigenvalue weighted by atomic mass is 10.1. The summed E-state index contributed by atoms with van der Waals surface area (Å²) in [6.07, 6.45) is 1.43. The van der Waals surface area contributed by atoms with Crippen LogP contribution in [0.3, 0.4) is 0 Å². The lowest BCUT2D eigenvalue weighted by Crippen LogP contribution is -2.14. The van der Waals surface area contributed by atoms with Crippen molar-refractivity contribution in [2.45, 2.75) is 6.92 Å². The van der Waals surface area contributed by atoms with Crippen molar-refractivity contribution in [2.24, 2.45) is 0 Å². The zero-order valence-electron chi connectivity index (χ0n) is 16.1. The average molecular weight is 459 g/mol. The highest BCUT2D eigenvalue weighted by Crippen LogP contribution is 2.34. The molecule has 0 radical (unpaired) electrons. The fourth-order valence-corrected chi connectivity index (χ4v) is 2.79. The molecule has 0 aromatic heterocycles. The quantitative estimate of drug-likeness (QED) is 0.384. The van der Waals surface area contributed by atoms with E-state index < -0.39 is 11.9 Å². The van der Waals surface area contributed by atoms with E-state index in [0.717, 1.165) is 5.56 Å². The predicted molar refractivity (Wildman–Crippen MR) is 112 cm³/mol. The highest BCUT2D eigenvalue weighted by molar-refractivity contribution is 9.10. The van der Waals surface area contributed by atoms with Gasteiger partial charge in [-0.25, -0.2) is 4.79 Å². The Hall–Kier alpha value is -3.31. The molecule has 8 heteroatoms. The maximum atomic E-state index is 12.5. The van der Waals surface area contributed by atoms with Gasteiger partial charge in [0.1, 0.15) is 11.6 Å². The van der Waals surface area contributed by atoms with Gasteiger partial charge in [-0.15, -0.1) is 0 Å². The third kappa shape index (κ3) is 6.09. The van der Waals surface area contributed by atoms with E-state index in [1.165, 1.54) is 20.3 Å². The molecule has 0 heterocycles. The van der Waals surface area contributed by atoms with Gasteiger partial charge >= 0.3 is 5.97 Å². The largest absolute Gasteiger partial charge is 0.493 e. The van der Waals surface area contributed by atoms with Crippen LogP contribution < -0.4 is 14.8 Å². The molecule has 0 aliphatic heterocycles. The van der Waals surface area contributed by atoms with Gasteiger partial charge in [0.05, 0.1) is 14.2 Å². The number of halogens is 1. The Labute approximate surface area is 177 Å². The van der Waals surface area contributed by atoms with E-state index in [0.29, 0.717) is 27.2 Å². The number of nitrogens with one attached hydrogen (secondary N) is 1. The highest BCUT2D eigenvalue weighted by Gasteiger charge is 2.15. The number of ether oxygens (including phenoxy) is 3. The molecule has 0 unspecified atom stereocenters. The molecule has 0 saturated heterocycles. The van der Waals surface area contributed by atoms with E-state index in [4.69, 9.17) is 9.47 Å². The third-order valence-electron chi connectivity index (χ3n) is 3.80. The Balaban J connectivity index is 2.29. The topological polar surface area (TPSA) is 97.7 Å². The van der Waals surface area contributed by atoms with E-state index >= 15 is 0 Å². The fraction of sp³-hybridized carbons (Fsp3) is 0.190. The van der Waals surface area contributed by atoms with Crippen LogP contribution in [0.2, 0.25) is 0 Å². The number of carbonyl (C=O) groups excluding carboxylic acids is 2. The van der Waals surface area contributed by atoms with Gasteiger partial charge in [-0.05, 0) is 48.4 Å². The Morgan fingerprint density at radius 1 is 1.21 bits per heavy atom. The van der Waals surface area contributed by atoms with Gasteiger partial charge in [0.25, 0.3) is 5.91 Å².